The Morgan fingerprint density at radius 3 is 2.28 bits per heavy atom. The predicted octanol–water partition coefficient (Wildman–Crippen LogP) is 1.43. The predicted molar refractivity (Wildman–Crippen MR) is 72.6 cm³/mol. The third-order valence-corrected chi connectivity index (χ3v) is 2.58. The summed E-state index contributed by atoms with van der Waals surface area (Å²) in [4.78, 5) is 13.2. The Labute approximate surface area is 109 Å². The summed E-state index contributed by atoms with van der Waals surface area (Å²) in [6.07, 6.45) is 0.367. The molecule has 0 radical (unpaired) electrons. The lowest BCUT2D eigenvalue weighted by Crippen LogP contribution is -2.35. The molecule has 2 N–H and O–H groups in total. The van der Waals surface area contributed by atoms with Gasteiger partial charge in [0.05, 0.1) is 0 Å². The van der Waals surface area contributed by atoms with Gasteiger partial charge in [0.15, 0.2) is 6.10 Å². The van der Waals surface area contributed by atoms with Gasteiger partial charge in [-0.15, -0.1) is 0 Å². The maximum Gasteiger partial charge on any atom is 0.262 e. The third-order valence-electron chi connectivity index (χ3n) is 2.58. The van der Waals surface area contributed by atoms with Crippen molar-refractivity contribution in [3.8, 4) is 5.75 Å². The van der Waals surface area contributed by atoms with Crippen LogP contribution in [0.1, 0.15) is 19.4 Å². The van der Waals surface area contributed by atoms with Gasteiger partial charge in [-0.2, -0.15) is 0 Å². The van der Waals surface area contributed by atoms with E-state index in [-0.39, 0.29) is 11.9 Å². The van der Waals surface area contributed by atoms with Crippen LogP contribution >= 0.6 is 0 Å². The van der Waals surface area contributed by atoms with Crippen molar-refractivity contribution in [2.75, 3.05) is 14.1 Å². The first-order chi connectivity index (χ1) is 8.40. The first-order valence-corrected chi connectivity index (χ1v) is 6.12. The van der Waals surface area contributed by atoms with E-state index in [1.165, 1.54) is 10.5 Å². The first-order valence-electron chi connectivity index (χ1n) is 6.12. The van der Waals surface area contributed by atoms with Gasteiger partial charge in [-0.3, -0.25) is 4.79 Å². The van der Waals surface area contributed by atoms with Crippen LogP contribution in [0.25, 0.3) is 0 Å². The molecule has 1 rings (SSSR count). The largest absolute Gasteiger partial charge is 0.481 e. The van der Waals surface area contributed by atoms with Gasteiger partial charge < -0.3 is 15.4 Å². The Hall–Kier alpha value is -1.55. The van der Waals surface area contributed by atoms with Gasteiger partial charge in [-0.25, -0.2) is 0 Å². The topological polar surface area (TPSA) is 55.6 Å². The van der Waals surface area contributed by atoms with Gasteiger partial charge in [-0.1, -0.05) is 12.1 Å². The van der Waals surface area contributed by atoms with Crippen LogP contribution in [0.3, 0.4) is 0 Å². The minimum Gasteiger partial charge on any atom is -0.481 e. The van der Waals surface area contributed by atoms with E-state index in [9.17, 15) is 4.79 Å². The first kappa shape index (κ1) is 14.5. The highest BCUT2D eigenvalue weighted by molar-refractivity contribution is 5.80. The Bertz CT molecular complexity index is 385. The molecule has 18 heavy (non-hydrogen) atoms. The van der Waals surface area contributed by atoms with Crippen molar-refractivity contribution >= 4 is 5.91 Å². The SMILES string of the molecule is CC(N)Cc1ccc(OC(C)C(=O)N(C)C)cc1. The highest BCUT2D eigenvalue weighted by Crippen LogP contribution is 2.15. The molecule has 0 fully saturated rings. The smallest absolute Gasteiger partial charge is 0.262 e. The molecule has 0 spiro atoms. The maximum absolute atomic E-state index is 11.6. The Kier molecular flexibility index (Phi) is 5.16. The molecule has 0 aromatic heterocycles. The average Bonchev–Trinajstić information content (AvgIpc) is 2.29. The van der Waals surface area contributed by atoms with Crippen molar-refractivity contribution in [2.45, 2.75) is 32.4 Å². The summed E-state index contributed by atoms with van der Waals surface area (Å²) in [5.41, 5.74) is 6.91. The van der Waals surface area contributed by atoms with E-state index in [0.29, 0.717) is 5.75 Å². The van der Waals surface area contributed by atoms with Gasteiger partial charge in [0.1, 0.15) is 5.75 Å². The summed E-state index contributed by atoms with van der Waals surface area (Å²) in [6, 6.07) is 7.84. The van der Waals surface area contributed by atoms with Crippen molar-refractivity contribution in [1.82, 2.24) is 4.90 Å². The van der Waals surface area contributed by atoms with E-state index in [4.69, 9.17) is 10.5 Å². The molecule has 1 aromatic carbocycles. The molecule has 4 heteroatoms. The fourth-order valence-electron chi connectivity index (χ4n) is 1.69. The second-order valence-corrected chi connectivity index (χ2v) is 4.82. The number of carbonyl (C=O) groups excluding carboxylic acids is 1. The van der Waals surface area contributed by atoms with Gasteiger partial charge in [0.25, 0.3) is 5.91 Å². The number of hydrogen-bond donors (Lipinski definition) is 1. The average molecular weight is 250 g/mol. The molecule has 2 atom stereocenters. The number of ether oxygens (including phenoxy) is 1. The summed E-state index contributed by atoms with van der Waals surface area (Å²) in [5.74, 6) is 0.654. The van der Waals surface area contributed by atoms with Gasteiger partial charge in [0, 0.05) is 20.1 Å². The zero-order valence-corrected chi connectivity index (χ0v) is 11.5. The van der Waals surface area contributed by atoms with Gasteiger partial charge >= 0.3 is 0 Å². The number of carbonyl (C=O) groups is 1. The van der Waals surface area contributed by atoms with Crippen molar-refractivity contribution in [1.29, 1.82) is 0 Å². The summed E-state index contributed by atoms with van der Waals surface area (Å²) < 4.78 is 5.57. The molecule has 1 aromatic rings. The standard InChI is InChI=1S/C14H22N2O2/c1-10(15)9-12-5-7-13(8-6-12)18-11(2)14(17)16(3)4/h5-8,10-11H,9,15H2,1-4H3. The zero-order valence-electron chi connectivity index (χ0n) is 11.5. The fourth-order valence-corrected chi connectivity index (χ4v) is 1.69. The van der Waals surface area contributed by atoms with E-state index >= 15 is 0 Å². The summed E-state index contributed by atoms with van der Waals surface area (Å²) in [7, 11) is 3.43. The Morgan fingerprint density at radius 2 is 1.83 bits per heavy atom. The van der Waals surface area contributed by atoms with Gasteiger partial charge in [0.2, 0.25) is 0 Å². The molecule has 1 amide bonds. The van der Waals surface area contributed by atoms with E-state index in [2.05, 4.69) is 0 Å². The molecule has 0 bridgehead atoms. The highest BCUT2D eigenvalue weighted by Gasteiger charge is 2.16. The van der Waals surface area contributed by atoms with Crippen LogP contribution in [-0.2, 0) is 11.2 Å². The molecule has 2 unspecified atom stereocenters. The summed E-state index contributed by atoms with van der Waals surface area (Å²) in [5, 5.41) is 0. The van der Waals surface area contributed by atoms with Crippen LogP contribution in [0.5, 0.6) is 5.75 Å². The van der Waals surface area contributed by atoms with Crippen LogP contribution < -0.4 is 10.5 Å². The lowest BCUT2D eigenvalue weighted by atomic mass is 10.1. The lowest BCUT2D eigenvalue weighted by Gasteiger charge is -2.18. The molecule has 4 nitrogen and oxygen atoms in total. The normalized spacial score (nSPS) is 13.8. The molecule has 0 aliphatic heterocycles. The van der Waals surface area contributed by atoms with E-state index in [1.54, 1.807) is 21.0 Å². The molecule has 100 valence electrons. The molecular weight excluding hydrogens is 228 g/mol. The Morgan fingerprint density at radius 1 is 1.28 bits per heavy atom. The third kappa shape index (κ3) is 4.37. The van der Waals surface area contributed by atoms with Crippen LogP contribution in [0, 0.1) is 0 Å². The molecule has 0 saturated heterocycles. The van der Waals surface area contributed by atoms with E-state index in [1.807, 2.05) is 31.2 Å². The van der Waals surface area contributed by atoms with Crippen molar-refractivity contribution in [3.05, 3.63) is 29.8 Å². The fraction of sp³-hybridized carbons (Fsp3) is 0.500. The number of nitrogens with two attached hydrogens (primary N) is 1. The molecule has 0 heterocycles. The second kappa shape index (κ2) is 6.40. The zero-order chi connectivity index (χ0) is 13.7. The minimum absolute atomic E-state index is 0.0466. The molecular formula is C14H22N2O2. The maximum atomic E-state index is 11.6. The molecule has 0 aliphatic rings. The van der Waals surface area contributed by atoms with Crippen LogP contribution in [0.15, 0.2) is 24.3 Å². The summed E-state index contributed by atoms with van der Waals surface area (Å²) in [6.45, 7) is 3.72. The van der Waals surface area contributed by atoms with Crippen molar-refractivity contribution < 1.29 is 9.53 Å². The number of likely N-dealkylation sites (N-methyl/N-ethyl adjacent to an activating group) is 1. The highest BCUT2D eigenvalue weighted by atomic mass is 16.5. The van der Waals surface area contributed by atoms with Crippen LogP contribution in [0.2, 0.25) is 0 Å². The quantitative estimate of drug-likeness (QED) is 0.860. The lowest BCUT2D eigenvalue weighted by molar-refractivity contribution is -0.135. The number of benzene rings is 1. The van der Waals surface area contributed by atoms with Crippen molar-refractivity contribution in [3.63, 3.8) is 0 Å². The van der Waals surface area contributed by atoms with Gasteiger partial charge in [-0.05, 0) is 38.0 Å². The minimum atomic E-state index is -0.473. The number of rotatable bonds is 5. The Balaban J connectivity index is 2.61. The molecule has 0 aliphatic carbocycles. The number of nitrogens with zero attached hydrogens (tertiary/aromatic N) is 1. The second-order valence-electron chi connectivity index (χ2n) is 4.82. The molecule has 0 saturated carbocycles. The van der Waals surface area contributed by atoms with E-state index in [0.717, 1.165) is 6.42 Å². The van der Waals surface area contributed by atoms with Crippen molar-refractivity contribution in [2.24, 2.45) is 5.73 Å². The number of amides is 1. The number of hydrogen-bond acceptors (Lipinski definition) is 3. The van der Waals surface area contributed by atoms with Crippen LogP contribution in [-0.4, -0.2) is 37.0 Å². The monoisotopic (exact) mass is 250 g/mol. The van der Waals surface area contributed by atoms with E-state index < -0.39 is 6.10 Å². The van der Waals surface area contributed by atoms with Crippen LogP contribution in [0.4, 0.5) is 0 Å². The summed E-state index contributed by atoms with van der Waals surface area (Å²) >= 11 is 0.